The van der Waals surface area contributed by atoms with Crippen molar-refractivity contribution in [3.8, 4) is 0 Å². The molecule has 1 amide bonds. The highest BCUT2D eigenvalue weighted by molar-refractivity contribution is 8.13. The van der Waals surface area contributed by atoms with Crippen LogP contribution in [0.1, 0.15) is 0 Å². The van der Waals surface area contributed by atoms with E-state index in [9.17, 15) is 13.2 Å². The minimum atomic E-state index is -3.74. The second-order valence-corrected chi connectivity index (χ2v) is 5.54. The molecule has 1 aromatic carbocycles. The van der Waals surface area contributed by atoms with Gasteiger partial charge in [-0.2, -0.15) is 0 Å². The molecule has 1 aromatic rings. The summed E-state index contributed by atoms with van der Waals surface area (Å²) in [5.41, 5.74) is 0. The van der Waals surface area contributed by atoms with Gasteiger partial charge in [0.2, 0.25) is 0 Å². The third-order valence-corrected chi connectivity index (χ3v) is 3.30. The van der Waals surface area contributed by atoms with E-state index in [4.69, 9.17) is 10.7 Å². The zero-order chi connectivity index (χ0) is 11.1. The first-order valence-electron chi connectivity index (χ1n) is 3.98. The Bertz CT molecular complexity index is 648. The number of nitrogens with zero attached hydrogens (tertiary/aromatic N) is 1. The van der Waals surface area contributed by atoms with E-state index in [1.807, 2.05) is 0 Å². The first-order chi connectivity index (χ1) is 6.97. The maximum absolute atomic E-state index is 11.0. The molecule has 0 N–H and O–H groups in total. The minimum absolute atomic E-state index is 0.00267. The average Bonchev–Trinajstić information content (AvgIpc) is 2.15. The summed E-state index contributed by atoms with van der Waals surface area (Å²) in [4.78, 5) is 10.9. The van der Waals surface area contributed by atoms with E-state index in [1.54, 1.807) is 0 Å². The molecule has 1 aliphatic heterocycles. The number of halogens is 1. The summed E-state index contributed by atoms with van der Waals surface area (Å²) >= 11 is 0. The smallest absolute Gasteiger partial charge is 0.267 e. The fraction of sp³-hybridized carbons (Fsp3) is 0. The molecular formula is C9H5ClNO3S. The minimum Gasteiger partial charge on any atom is -0.267 e. The Labute approximate surface area is 90.3 Å². The number of hydrogen-bond donors (Lipinski definition) is 0. The lowest BCUT2D eigenvalue weighted by Gasteiger charge is -2.00. The van der Waals surface area contributed by atoms with Crippen LogP contribution in [0.25, 0.3) is 12.3 Å². The molecule has 0 atom stereocenters. The Kier molecular flexibility index (Phi) is 2.28. The first-order valence-corrected chi connectivity index (χ1v) is 6.29. The van der Waals surface area contributed by atoms with Gasteiger partial charge in [0.1, 0.15) is 0 Å². The van der Waals surface area contributed by atoms with E-state index in [2.05, 4.69) is 5.32 Å². The molecule has 4 nitrogen and oxygen atoms in total. The molecule has 77 valence electrons. The number of fused-ring (bicyclic) bond motifs is 1. The van der Waals surface area contributed by atoms with Crippen molar-refractivity contribution in [2.24, 2.45) is 0 Å². The molecule has 0 spiro atoms. The van der Waals surface area contributed by atoms with Crippen molar-refractivity contribution in [3.63, 3.8) is 0 Å². The second kappa shape index (κ2) is 3.36. The van der Waals surface area contributed by atoms with Crippen LogP contribution in [0.3, 0.4) is 0 Å². The number of carbonyl (C=O) groups is 1. The molecule has 0 saturated heterocycles. The second-order valence-electron chi connectivity index (χ2n) is 2.97. The molecule has 0 aliphatic carbocycles. The summed E-state index contributed by atoms with van der Waals surface area (Å²) in [7, 11) is 1.44. The van der Waals surface area contributed by atoms with Gasteiger partial charge < -0.3 is 0 Å². The van der Waals surface area contributed by atoms with E-state index < -0.39 is 9.05 Å². The summed E-state index contributed by atoms with van der Waals surface area (Å²) in [6.07, 6.45) is 2.66. The van der Waals surface area contributed by atoms with Crippen molar-refractivity contribution in [2.45, 2.75) is 4.90 Å². The summed E-state index contributed by atoms with van der Waals surface area (Å²) in [5, 5.41) is 4.74. The Balaban J connectivity index is 2.74. The zero-order valence-electron chi connectivity index (χ0n) is 7.34. The van der Waals surface area contributed by atoms with Gasteiger partial charge in [0.15, 0.2) is 0 Å². The Morgan fingerprint density at radius 3 is 2.60 bits per heavy atom. The largest absolute Gasteiger partial charge is 0.270 e. The van der Waals surface area contributed by atoms with Gasteiger partial charge >= 0.3 is 0 Å². The molecule has 6 heteroatoms. The molecule has 0 saturated carbocycles. The molecule has 0 fully saturated rings. The van der Waals surface area contributed by atoms with E-state index in [-0.39, 0.29) is 10.8 Å². The van der Waals surface area contributed by atoms with Crippen molar-refractivity contribution in [1.29, 1.82) is 0 Å². The Morgan fingerprint density at radius 1 is 1.20 bits per heavy atom. The van der Waals surface area contributed by atoms with Crippen molar-refractivity contribution < 1.29 is 13.2 Å². The quantitative estimate of drug-likeness (QED) is 0.611. The van der Waals surface area contributed by atoms with Gasteiger partial charge in [-0.1, -0.05) is 6.07 Å². The lowest BCUT2D eigenvalue weighted by molar-refractivity contribution is -0.114. The fourth-order valence-corrected chi connectivity index (χ4v) is 2.04. The first kappa shape index (κ1) is 10.2. The van der Waals surface area contributed by atoms with E-state index in [0.29, 0.717) is 10.4 Å². The van der Waals surface area contributed by atoms with Crippen LogP contribution in [0.5, 0.6) is 0 Å². The van der Waals surface area contributed by atoms with Gasteiger partial charge in [-0.15, -0.1) is 0 Å². The van der Waals surface area contributed by atoms with E-state index in [1.165, 1.54) is 30.5 Å². The van der Waals surface area contributed by atoms with Crippen LogP contribution in [0.2, 0.25) is 0 Å². The molecule has 1 radical (unpaired) electrons. The van der Waals surface area contributed by atoms with Crippen molar-refractivity contribution >= 4 is 37.9 Å². The van der Waals surface area contributed by atoms with Crippen LogP contribution in [0.4, 0.5) is 0 Å². The number of rotatable bonds is 1. The van der Waals surface area contributed by atoms with E-state index in [0.717, 1.165) is 0 Å². The third kappa shape index (κ3) is 2.03. The van der Waals surface area contributed by atoms with Crippen molar-refractivity contribution in [1.82, 2.24) is 5.32 Å². The molecule has 0 bridgehead atoms. The monoisotopic (exact) mass is 242 g/mol. The van der Waals surface area contributed by atoms with Crippen LogP contribution in [0, 0.1) is 0 Å². The maximum Gasteiger partial charge on any atom is 0.270 e. The van der Waals surface area contributed by atoms with E-state index >= 15 is 0 Å². The predicted molar refractivity (Wildman–Crippen MR) is 54.8 cm³/mol. The highest BCUT2D eigenvalue weighted by atomic mass is 35.7. The van der Waals surface area contributed by atoms with Gasteiger partial charge in [-0.3, -0.25) is 4.79 Å². The topological polar surface area (TPSA) is 65.3 Å². The highest BCUT2D eigenvalue weighted by Gasteiger charge is 2.10. The lowest BCUT2D eigenvalue weighted by Crippen LogP contribution is -2.33. The molecule has 1 aliphatic rings. The number of hydrogen-bond acceptors (Lipinski definition) is 3. The van der Waals surface area contributed by atoms with Crippen LogP contribution in [0.15, 0.2) is 23.1 Å². The van der Waals surface area contributed by atoms with Crippen LogP contribution in [-0.2, 0) is 13.8 Å². The van der Waals surface area contributed by atoms with Crippen molar-refractivity contribution in [2.75, 3.05) is 0 Å². The molecule has 2 rings (SSSR count). The predicted octanol–water partition coefficient (Wildman–Crippen LogP) is -0.723. The number of carbonyl (C=O) groups excluding carboxylic acids is 1. The fourth-order valence-electron chi connectivity index (χ4n) is 1.25. The average molecular weight is 243 g/mol. The van der Waals surface area contributed by atoms with Gasteiger partial charge in [0.05, 0.1) is 4.90 Å². The van der Waals surface area contributed by atoms with Crippen LogP contribution >= 0.6 is 10.7 Å². The highest BCUT2D eigenvalue weighted by Crippen LogP contribution is 2.10. The third-order valence-electron chi connectivity index (χ3n) is 1.95. The summed E-state index contributed by atoms with van der Waals surface area (Å²) in [6.45, 7) is 0. The molecule has 15 heavy (non-hydrogen) atoms. The normalized spacial score (nSPS) is 14.6. The number of amides is 1. The summed E-state index contributed by atoms with van der Waals surface area (Å²) in [5.74, 6) is -0.357. The standard InChI is InChI=1S/C9H5ClNO3S/c10-15(13,14)8-2-1-6-4-9(12)11-5-7(6)3-8/h1-5H. The van der Waals surface area contributed by atoms with Gasteiger partial charge in [0.25, 0.3) is 15.0 Å². The molecule has 0 unspecified atom stereocenters. The van der Waals surface area contributed by atoms with Crippen LogP contribution < -0.4 is 15.8 Å². The Morgan fingerprint density at radius 2 is 1.93 bits per heavy atom. The van der Waals surface area contributed by atoms with Crippen molar-refractivity contribution in [3.05, 3.63) is 28.6 Å². The van der Waals surface area contributed by atoms with Gasteiger partial charge in [-0.25, -0.2) is 13.7 Å². The molecule has 0 aromatic heterocycles. The SMILES string of the molecule is O=C1C=c2ccc(S(=O)(=O)Cl)cc2=C[N]1. The molecule has 1 heterocycles. The van der Waals surface area contributed by atoms with Gasteiger partial charge in [-0.05, 0) is 17.4 Å². The summed E-state index contributed by atoms with van der Waals surface area (Å²) < 4.78 is 22.1. The van der Waals surface area contributed by atoms with Gasteiger partial charge in [0, 0.05) is 28.2 Å². The lowest BCUT2D eigenvalue weighted by atomic mass is 10.2. The summed E-state index contributed by atoms with van der Waals surface area (Å²) in [6, 6.07) is 4.25. The van der Waals surface area contributed by atoms with Crippen LogP contribution in [-0.4, -0.2) is 14.3 Å². The zero-order valence-corrected chi connectivity index (χ0v) is 8.92. The molecular weight excluding hydrogens is 238 g/mol. The Hall–Kier alpha value is -1.33. The number of benzene rings is 1. The maximum atomic E-state index is 11.0.